The number of aliphatic hydroxyl groups is 3. The predicted molar refractivity (Wildman–Crippen MR) is 236 cm³/mol. The fourth-order valence-electron chi connectivity index (χ4n) is 7.19. The van der Waals surface area contributed by atoms with E-state index in [0.717, 1.165) is 12.8 Å². The Kier molecular flexibility index (Phi) is 23.8. The number of nitrogens with zero attached hydrogens (tertiary/aromatic N) is 1. The van der Waals surface area contributed by atoms with E-state index in [9.17, 15) is 48.6 Å². The third kappa shape index (κ3) is 20.6. The lowest BCUT2D eigenvalue weighted by atomic mass is 10.0. The van der Waals surface area contributed by atoms with Gasteiger partial charge in [0.1, 0.15) is 36.6 Å². The zero-order valence-electron chi connectivity index (χ0n) is 38.8. The third-order valence-electron chi connectivity index (χ3n) is 10.7. The van der Waals surface area contributed by atoms with Gasteiger partial charge < -0.3 is 49.4 Å². The van der Waals surface area contributed by atoms with E-state index in [2.05, 4.69) is 5.32 Å². The lowest BCUT2D eigenvalue weighted by molar-refractivity contribution is -0.138. The normalized spacial score (nSPS) is 29.0. The van der Waals surface area contributed by atoms with Crippen molar-refractivity contribution >= 4 is 45.1 Å². The van der Waals surface area contributed by atoms with Gasteiger partial charge in [0.25, 0.3) is 0 Å². The van der Waals surface area contributed by atoms with Crippen LogP contribution in [-0.4, -0.2) is 165 Å². The number of thioether (sulfide) groups is 1. The molecule has 12 atom stereocenters. The molecule has 3 fully saturated rings. The number of rotatable bonds is 30. The molecule has 0 aromatic rings. The van der Waals surface area contributed by atoms with E-state index < -0.39 is 86.8 Å². The highest BCUT2D eigenvalue weighted by Gasteiger charge is 2.47. The molecule has 0 bridgehead atoms. The van der Waals surface area contributed by atoms with Crippen molar-refractivity contribution in [3.8, 4) is 0 Å². The Morgan fingerprint density at radius 3 is 2.12 bits per heavy atom. The van der Waals surface area contributed by atoms with Crippen molar-refractivity contribution in [3.05, 3.63) is 0 Å². The quantitative estimate of drug-likeness (QED) is 0.0337. The largest absolute Gasteiger partial charge is 0.472 e. The van der Waals surface area contributed by atoms with Gasteiger partial charge in [-0.25, -0.2) is 9.13 Å². The lowest BCUT2D eigenvalue weighted by Crippen LogP contribution is -2.41. The van der Waals surface area contributed by atoms with Crippen molar-refractivity contribution in [2.45, 2.75) is 185 Å². The summed E-state index contributed by atoms with van der Waals surface area (Å²) < 4.78 is 68.9. The molecule has 64 heavy (non-hydrogen) atoms. The number of carbonyl (C=O) groups excluding carboxylic acids is 3. The SMILES string of the molecule is C[C@@H]1O[C@H](COP(=O)(O)OCCCCCCSC2CC(=O)N(CCCC(=O)NCCCCC(CO)COP(=O)(O)O[C@@H]3C(O)[C@H](C)O[C@@H]3COC(C)(C)C)C2=O)[C@H](OC(C)(C)C)C1O. The van der Waals surface area contributed by atoms with E-state index in [1.54, 1.807) is 13.8 Å². The fraction of sp³-hybridized carbons (Fsp3) is 0.927. The molecule has 0 spiro atoms. The maximum absolute atomic E-state index is 12.9. The van der Waals surface area contributed by atoms with E-state index >= 15 is 0 Å². The van der Waals surface area contributed by atoms with Crippen LogP contribution in [0.3, 0.4) is 0 Å². The number of imide groups is 1. The lowest BCUT2D eigenvalue weighted by Gasteiger charge is -2.29. The molecule has 3 aliphatic rings. The summed E-state index contributed by atoms with van der Waals surface area (Å²) in [6, 6.07) is 0. The van der Waals surface area contributed by atoms with Gasteiger partial charge >= 0.3 is 15.6 Å². The zero-order valence-corrected chi connectivity index (χ0v) is 41.4. The minimum atomic E-state index is -4.63. The first-order valence-corrected chi connectivity index (χ1v) is 26.4. The number of nitrogens with one attached hydrogen (secondary N) is 1. The molecule has 0 aromatic carbocycles. The summed E-state index contributed by atoms with van der Waals surface area (Å²) in [5, 5.41) is 33.0. The molecule has 0 aromatic heterocycles. The highest BCUT2D eigenvalue weighted by Crippen LogP contribution is 2.48. The van der Waals surface area contributed by atoms with Crippen LogP contribution in [0.4, 0.5) is 0 Å². The summed E-state index contributed by atoms with van der Waals surface area (Å²) in [5.74, 6) is -0.565. The number of phosphoric acid groups is 2. The summed E-state index contributed by atoms with van der Waals surface area (Å²) in [6.07, 6.45) is -1.71. The minimum absolute atomic E-state index is 0.00656. The number of hydrogen-bond acceptors (Lipinski definition) is 17. The van der Waals surface area contributed by atoms with Gasteiger partial charge in [0, 0.05) is 38.5 Å². The van der Waals surface area contributed by atoms with Crippen molar-refractivity contribution < 1.29 is 85.7 Å². The van der Waals surface area contributed by atoms with Crippen LogP contribution in [0.15, 0.2) is 0 Å². The Labute approximate surface area is 382 Å². The Balaban J connectivity index is 1.21. The van der Waals surface area contributed by atoms with Gasteiger partial charge in [0.05, 0.1) is 55.1 Å². The molecular formula is C41H76N2O18P2S. The number of hydrogen-bond donors (Lipinski definition) is 6. The van der Waals surface area contributed by atoms with Crippen LogP contribution < -0.4 is 5.32 Å². The van der Waals surface area contributed by atoms with E-state index in [4.69, 9.17) is 37.0 Å². The van der Waals surface area contributed by atoms with Gasteiger partial charge in [-0.1, -0.05) is 19.3 Å². The van der Waals surface area contributed by atoms with Crippen molar-refractivity contribution in [2.75, 3.05) is 51.9 Å². The van der Waals surface area contributed by atoms with Gasteiger partial charge in [-0.3, -0.25) is 37.4 Å². The summed E-state index contributed by atoms with van der Waals surface area (Å²) in [7, 11) is -8.98. The van der Waals surface area contributed by atoms with Crippen LogP contribution in [0, 0.1) is 5.92 Å². The molecule has 6 unspecified atom stereocenters. The molecule has 23 heteroatoms. The molecule has 3 saturated heterocycles. The van der Waals surface area contributed by atoms with Crippen LogP contribution >= 0.6 is 27.4 Å². The Morgan fingerprint density at radius 2 is 1.48 bits per heavy atom. The monoisotopic (exact) mass is 978 g/mol. The second-order valence-corrected chi connectivity index (χ2v) is 22.8. The summed E-state index contributed by atoms with van der Waals surface area (Å²) in [6.45, 7) is 14.1. The van der Waals surface area contributed by atoms with E-state index in [1.165, 1.54) is 16.7 Å². The number of ether oxygens (including phenoxy) is 4. The van der Waals surface area contributed by atoms with Gasteiger partial charge in [0.2, 0.25) is 17.7 Å². The molecular weight excluding hydrogens is 902 g/mol. The highest BCUT2D eigenvalue weighted by atomic mass is 32.2. The third-order valence-corrected chi connectivity index (χ3v) is 13.9. The van der Waals surface area contributed by atoms with Crippen molar-refractivity contribution in [2.24, 2.45) is 5.92 Å². The minimum Gasteiger partial charge on any atom is -0.396 e. The smallest absolute Gasteiger partial charge is 0.396 e. The first-order valence-electron chi connectivity index (χ1n) is 22.4. The fourth-order valence-corrected chi connectivity index (χ4v) is 10.2. The first kappa shape index (κ1) is 57.2. The Morgan fingerprint density at radius 1 is 0.844 bits per heavy atom. The zero-order chi connectivity index (χ0) is 47.9. The summed E-state index contributed by atoms with van der Waals surface area (Å²) >= 11 is 1.42. The summed E-state index contributed by atoms with van der Waals surface area (Å²) in [4.78, 5) is 59.7. The van der Waals surface area contributed by atoms with Gasteiger partial charge in [-0.05, 0) is 93.2 Å². The molecule has 20 nitrogen and oxygen atoms in total. The van der Waals surface area contributed by atoms with Crippen LogP contribution in [0.2, 0.25) is 0 Å². The second kappa shape index (κ2) is 26.6. The average Bonchev–Trinajstić information content (AvgIpc) is 3.73. The van der Waals surface area contributed by atoms with Crippen LogP contribution in [0.25, 0.3) is 0 Å². The average molecular weight is 979 g/mol. The van der Waals surface area contributed by atoms with Crippen LogP contribution in [0.5, 0.6) is 0 Å². The van der Waals surface area contributed by atoms with Crippen molar-refractivity contribution in [1.29, 1.82) is 0 Å². The number of carbonyl (C=O) groups is 3. The predicted octanol–water partition coefficient (Wildman–Crippen LogP) is 4.01. The van der Waals surface area contributed by atoms with Gasteiger partial charge in [-0.15, -0.1) is 11.8 Å². The highest BCUT2D eigenvalue weighted by molar-refractivity contribution is 8.00. The van der Waals surface area contributed by atoms with Crippen LogP contribution in [0.1, 0.15) is 120 Å². The van der Waals surface area contributed by atoms with E-state index in [0.29, 0.717) is 50.8 Å². The standard InChI is InChI=1S/C41H76N2O18P2S/c1-27-35(47)37(60-41(6,7)8)31(59-27)26-57-62(50,51)55-20-13-9-10-14-21-64-32-22-34(46)43(39(32)49)19-15-17-33(45)42-18-12-11-16-29(23-44)24-56-63(52,53)61-38-30(25-54-40(3,4)5)58-28(2)36(38)48/h27-32,35-38,44,47-48H,9-26H2,1-8H3,(H,42,45)(H,50,51)(H,52,53)/t27-,28-,29?,30+,31+,32?,35?,36?,37-,38-/m0/s1. The van der Waals surface area contributed by atoms with Crippen molar-refractivity contribution in [3.63, 3.8) is 0 Å². The number of amides is 3. The molecule has 0 aliphatic carbocycles. The molecule has 0 saturated carbocycles. The maximum Gasteiger partial charge on any atom is 0.472 e. The molecule has 0 radical (unpaired) electrons. The molecule has 3 rings (SSSR count). The molecule has 374 valence electrons. The molecule has 6 N–H and O–H groups in total. The molecule has 3 aliphatic heterocycles. The topological polar surface area (TPSA) is 276 Å². The van der Waals surface area contributed by atoms with Crippen LogP contribution in [-0.2, 0) is 60.6 Å². The van der Waals surface area contributed by atoms with E-state index in [-0.39, 0.29) is 70.1 Å². The number of unbranched alkanes of at least 4 members (excludes halogenated alkanes) is 4. The van der Waals surface area contributed by atoms with Crippen molar-refractivity contribution in [1.82, 2.24) is 10.2 Å². The molecule has 3 heterocycles. The maximum atomic E-state index is 12.9. The number of aliphatic hydroxyl groups excluding tert-OH is 3. The van der Waals surface area contributed by atoms with E-state index in [1.807, 2.05) is 41.5 Å². The van der Waals surface area contributed by atoms with Gasteiger partial charge in [-0.2, -0.15) is 0 Å². The van der Waals surface area contributed by atoms with Gasteiger partial charge in [0.15, 0.2) is 0 Å². The number of phosphoric ester groups is 2. The molecule has 3 amide bonds. The summed E-state index contributed by atoms with van der Waals surface area (Å²) in [5.41, 5.74) is -1.07. The second-order valence-electron chi connectivity index (χ2n) is 18.6. The number of likely N-dealkylation sites (tertiary alicyclic amines) is 1. The Hall–Kier alpha value is -1.10. The Bertz CT molecular complexity index is 1550. The first-order chi connectivity index (χ1) is 29.8.